The minimum atomic E-state index is -0.393. The molecule has 134 valence electrons. The first-order valence-electron chi connectivity index (χ1n) is 7.94. The molecule has 8 heteroatoms. The molecule has 0 N–H and O–H groups in total. The summed E-state index contributed by atoms with van der Waals surface area (Å²) in [4.78, 5) is 28.8. The Hall–Kier alpha value is -3.39. The van der Waals surface area contributed by atoms with Gasteiger partial charge in [-0.3, -0.25) is 9.59 Å². The van der Waals surface area contributed by atoms with E-state index in [0.717, 1.165) is 16.3 Å². The zero-order chi connectivity index (χ0) is 19.0. The van der Waals surface area contributed by atoms with Crippen LogP contribution in [-0.2, 0) is 4.79 Å². The van der Waals surface area contributed by atoms with Crippen molar-refractivity contribution in [1.29, 1.82) is 0 Å². The summed E-state index contributed by atoms with van der Waals surface area (Å²) in [5.41, 5.74) is 0.974. The molecule has 2 heterocycles. The van der Waals surface area contributed by atoms with Crippen molar-refractivity contribution >= 4 is 49.8 Å². The van der Waals surface area contributed by atoms with Crippen molar-refractivity contribution in [2.75, 3.05) is 5.01 Å². The van der Waals surface area contributed by atoms with Crippen LogP contribution in [0.1, 0.15) is 12.5 Å². The summed E-state index contributed by atoms with van der Waals surface area (Å²) in [5, 5.41) is 5.87. The van der Waals surface area contributed by atoms with Gasteiger partial charge in [0, 0.05) is 6.92 Å². The number of thiazole rings is 1. The van der Waals surface area contributed by atoms with E-state index in [1.54, 1.807) is 24.3 Å². The molecule has 0 saturated heterocycles. The third-order valence-electron chi connectivity index (χ3n) is 3.84. The van der Waals surface area contributed by atoms with Crippen molar-refractivity contribution in [3.8, 4) is 0 Å². The number of fused-ring (bicyclic) bond motifs is 2. The van der Waals surface area contributed by atoms with Gasteiger partial charge in [0.1, 0.15) is 17.7 Å². The van der Waals surface area contributed by atoms with E-state index in [9.17, 15) is 14.0 Å². The maximum absolute atomic E-state index is 13.4. The standard InChI is InChI=1S/C19H12FN3O3S/c1-11(24)23(19-22-15-7-6-13(20)8-17(15)27-19)21-9-12-10-26-16-5-3-2-4-14(16)18(12)25/h2-10H,1H3/b21-9+. The van der Waals surface area contributed by atoms with Gasteiger partial charge in [-0.2, -0.15) is 10.1 Å². The summed E-state index contributed by atoms with van der Waals surface area (Å²) in [7, 11) is 0. The summed E-state index contributed by atoms with van der Waals surface area (Å²) < 4.78 is 19.4. The van der Waals surface area contributed by atoms with Gasteiger partial charge in [0.2, 0.25) is 16.5 Å². The summed E-state index contributed by atoms with van der Waals surface area (Å²) in [6.45, 7) is 1.33. The maximum atomic E-state index is 13.4. The second-order valence-electron chi connectivity index (χ2n) is 5.70. The number of hydrogen-bond acceptors (Lipinski definition) is 6. The van der Waals surface area contributed by atoms with E-state index >= 15 is 0 Å². The lowest BCUT2D eigenvalue weighted by Crippen LogP contribution is -2.22. The molecule has 0 aliphatic rings. The van der Waals surface area contributed by atoms with E-state index in [-0.39, 0.29) is 21.9 Å². The molecule has 0 spiro atoms. The molecule has 0 atom stereocenters. The Morgan fingerprint density at radius 2 is 2.11 bits per heavy atom. The lowest BCUT2D eigenvalue weighted by atomic mass is 10.2. The van der Waals surface area contributed by atoms with Crippen LogP contribution in [-0.4, -0.2) is 17.1 Å². The molecular formula is C19H12FN3O3S. The molecule has 27 heavy (non-hydrogen) atoms. The molecule has 4 rings (SSSR count). The molecule has 6 nitrogen and oxygen atoms in total. The number of carbonyl (C=O) groups is 1. The quantitative estimate of drug-likeness (QED) is 0.398. The van der Waals surface area contributed by atoms with Crippen LogP contribution in [0.15, 0.2) is 63.0 Å². The average molecular weight is 381 g/mol. The number of nitrogens with zero attached hydrogens (tertiary/aromatic N) is 3. The first-order chi connectivity index (χ1) is 13.0. The van der Waals surface area contributed by atoms with Crippen molar-refractivity contribution in [1.82, 2.24) is 4.98 Å². The van der Waals surface area contributed by atoms with Gasteiger partial charge in [0.15, 0.2) is 0 Å². The lowest BCUT2D eigenvalue weighted by molar-refractivity contribution is -0.116. The van der Waals surface area contributed by atoms with E-state index in [1.165, 1.54) is 37.6 Å². The van der Waals surface area contributed by atoms with Crippen molar-refractivity contribution < 1.29 is 13.6 Å². The largest absolute Gasteiger partial charge is 0.463 e. The number of halogens is 1. The van der Waals surface area contributed by atoms with Gasteiger partial charge in [0.05, 0.1) is 27.4 Å². The number of anilines is 1. The average Bonchev–Trinajstić information content (AvgIpc) is 3.06. The third kappa shape index (κ3) is 3.22. The highest BCUT2D eigenvalue weighted by atomic mass is 32.1. The van der Waals surface area contributed by atoms with Gasteiger partial charge in [-0.15, -0.1) is 0 Å². The smallest absolute Gasteiger partial charge is 0.246 e. The second-order valence-corrected chi connectivity index (χ2v) is 6.71. The van der Waals surface area contributed by atoms with Crippen LogP contribution in [0.3, 0.4) is 0 Å². The van der Waals surface area contributed by atoms with Crippen LogP contribution < -0.4 is 10.4 Å². The first kappa shape index (κ1) is 17.0. The monoisotopic (exact) mass is 381 g/mol. The molecule has 0 radical (unpaired) electrons. The number of hydrogen-bond donors (Lipinski definition) is 0. The highest BCUT2D eigenvalue weighted by molar-refractivity contribution is 7.22. The second kappa shape index (κ2) is 6.73. The van der Waals surface area contributed by atoms with E-state index in [4.69, 9.17) is 4.42 Å². The number of benzene rings is 2. The Morgan fingerprint density at radius 3 is 2.93 bits per heavy atom. The number of aromatic nitrogens is 1. The van der Waals surface area contributed by atoms with E-state index in [0.29, 0.717) is 21.2 Å². The van der Waals surface area contributed by atoms with Gasteiger partial charge in [-0.05, 0) is 30.3 Å². The van der Waals surface area contributed by atoms with Gasteiger partial charge in [-0.1, -0.05) is 23.5 Å². The maximum Gasteiger partial charge on any atom is 0.246 e. The SMILES string of the molecule is CC(=O)N(/N=C/c1coc2ccccc2c1=O)c1nc2ccc(F)cc2s1. The van der Waals surface area contributed by atoms with Crippen molar-refractivity contribution in [3.05, 3.63) is 70.3 Å². The molecule has 2 aromatic heterocycles. The van der Waals surface area contributed by atoms with E-state index in [2.05, 4.69) is 10.1 Å². The fraction of sp³-hybridized carbons (Fsp3) is 0.0526. The van der Waals surface area contributed by atoms with Crippen LogP contribution in [0.4, 0.5) is 9.52 Å². The summed E-state index contributed by atoms with van der Waals surface area (Å²) in [6.07, 6.45) is 2.55. The number of para-hydroxylation sites is 1. The topological polar surface area (TPSA) is 75.8 Å². The van der Waals surface area contributed by atoms with Crippen LogP contribution in [0.25, 0.3) is 21.2 Å². The summed E-state index contributed by atoms with van der Waals surface area (Å²) >= 11 is 1.13. The number of carbonyl (C=O) groups excluding carboxylic acids is 1. The normalized spacial score (nSPS) is 11.5. The predicted molar refractivity (Wildman–Crippen MR) is 103 cm³/mol. The van der Waals surface area contributed by atoms with Crippen LogP contribution in [0, 0.1) is 5.82 Å². The summed E-state index contributed by atoms with van der Waals surface area (Å²) in [5.74, 6) is -0.777. The predicted octanol–water partition coefficient (Wildman–Crippen LogP) is 3.93. The van der Waals surface area contributed by atoms with Crippen LogP contribution in [0.2, 0.25) is 0 Å². The minimum absolute atomic E-state index is 0.201. The molecule has 0 bridgehead atoms. The number of rotatable bonds is 3. The van der Waals surface area contributed by atoms with Crippen molar-refractivity contribution in [2.45, 2.75) is 6.92 Å². The molecular weight excluding hydrogens is 369 g/mol. The van der Waals surface area contributed by atoms with Crippen molar-refractivity contribution in [2.24, 2.45) is 5.10 Å². The minimum Gasteiger partial charge on any atom is -0.463 e. The Morgan fingerprint density at radius 1 is 1.30 bits per heavy atom. The Labute approximate surface area is 156 Å². The Bertz CT molecular complexity index is 1260. The highest BCUT2D eigenvalue weighted by Crippen LogP contribution is 2.29. The molecule has 1 amide bonds. The van der Waals surface area contributed by atoms with Gasteiger partial charge in [0.25, 0.3) is 0 Å². The fourth-order valence-corrected chi connectivity index (χ4v) is 3.54. The Balaban J connectivity index is 1.74. The molecule has 0 aliphatic heterocycles. The van der Waals surface area contributed by atoms with Gasteiger partial charge >= 0.3 is 0 Å². The van der Waals surface area contributed by atoms with Gasteiger partial charge < -0.3 is 4.42 Å². The molecule has 0 aliphatic carbocycles. The first-order valence-corrected chi connectivity index (χ1v) is 8.76. The zero-order valence-corrected chi connectivity index (χ0v) is 14.9. The molecule has 0 saturated carbocycles. The zero-order valence-electron chi connectivity index (χ0n) is 14.0. The van der Waals surface area contributed by atoms with E-state index < -0.39 is 5.91 Å². The highest BCUT2D eigenvalue weighted by Gasteiger charge is 2.16. The third-order valence-corrected chi connectivity index (χ3v) is 4.83. The lowest BCUT2D eigenvalue weighted by Gasteiger charge is -2.10. The van der Waals surface area contributed by atoms with Crippen LogP contribution in [0.5, 0.6) is 0 Å². The molecule has 0 fully saturated rings. The molecule has 0 unspecified atom stereocenters. The Kier molecular flexibility index (Phi) is 4.25. The van der Waals surface area contributed by atoms with Crippen molar-refractivity contribution in [3.63, 3.8) is 0 Å². The van der Waals surface area contributed by atoms with E-state index in [1.807, 2.05) is 0 Å². The summed E-state index contributed by atoms with van der Waals surface area (Å²) in [6, 6.07) is 11.0. The fourth-order valence-electron chi connectivity index (χ4n) is 2.54. The number of amides is 1. The molecule has 2 aromatic carbocycles. The van der Waals surface area contributed by atoms with Crippen LogP contribution >= 0.6 is 11.3 Å². The molecule has 4 aromatic rings. The number of hydrazone groups is 1. The van der Waals surface area contributed by atoms with Gasteiger partial charge in [-0.25, -0.2) is 9.37 Å².